The predicted molar refractivity (Wildman–Crippen MR) is 105 cm³/mol. The quantitative estimate of drug-likeness (QED) is 0.244. The van der Waals surface area contributed by atoms with Crippen molar-refractivity contribution in [1.29, 1.82) is 0 Å². The van der Waals surface area contributed by atoms with Gasteiger partial charge in [-0.1, -0.05) is 37.6 Å². The van der Waals surface area contributed by atoms with Crippen molar-refractivity contribution in [2.24, 2.45) is 17.3 Å². The summed E-state index contributed by atoms with van der Waals surface area (Å²) in [7, 11) is 0. The maximum Gasteiger partial charge on any atom is 0.415 e. The lowest BCUT2D eigenvalue weighted by Crippen LogP contribution is -2.55. The fourth-order valence-corrected chi connectivity index (χ4v) is 6.91. The molecule has 0 saturated heterocycles. The molecule has 0 N–H and O–H groups in total. The third-order valence-electron chi connectivity index (χ3n) is 7.20. The Balaban J connectivity index is 1.49. The van der Waals surface area contributed by atoms with Gasteiger partial charge in [-0.2, -0.15) is 13.1 Å². The van der Waals surface area contributed by atoms with Gasteiger partial charge in [-0.3, -0.25) is 5.04 Å². The van der Waals surface area contributed by atoms with E-state index in [1.54, 1.807) is 0 Å². The van der Waals surface area contributed by atoms with Crippen LogP contribution in [0.1, 0.15) is 63.0 Å². The summed E-state index contributed by atoms with van der Waals surface area (Å²) in [6.07, 6.45) is 8.25. The van der Waals surface area contributed by atoms with Crippen molar-refractivity contribution in [3.63, 3.8) is 0 Å². The third-order valence-corrected chi connectivity index (χ3v) is 7.70. The normalized spacial score (nSPS) is 32.4. The zero-order valence-electron chi connectivity index (χ0n) is 17.0. The van der Waals surface area contributed by atoms with Crippen LogP contribution < -0.4 is 5.26 Å². The Morgan fingerprint density at radius 2 is 1.87 bits per heavy atom. The predicted octanol–water partition coefficient (Wildman–Crippen LogP) is 4.48. The minimum Gasteiger partial charge on any atom is -0.691 e. The number of esters is 1. The molecule has 0 radical (unpaired) electrons. The number of ether oxygens (including phenoxy) is 1. The van der Waals surface area contributed by atoms with Crippen molar-refractivity contribution in [3.05, 3.63) is 35.4 Å². The van der Waals surface area contributed by atoms with Gasteiger partial charge in [-0.25, -0.2) is 4.79 Å². The summed E-state index contributed by atoms with van der Waals surface area (Å²) in [6.45, 7) is 2.14. The Morgan fingerprint density at radius 1 is 1.20 bits per heavy atom. The van der Waals surface area contributed by atoms with Gasteiger partial charge in [-0.15, -0.1) is 0 Å². The molecule has 0 aliphatic heterocycles. The Morgan fingerprint density at radius 3 is 2.47 bits per heavy atom. The van der Waals surface area contributed by atoms with E-state index in [1.807, 2.05) is 0 Å². The molecule has 8 heteroatoms. The zero-order chi connectivity index (χ0) is 21.4. The van der Waals surface area contributed by atoms with Crippen LogP contribution in [0.3, 0.4) is 0 Å². The van der Waals surface area contributed by atoms with Crippen LogP contribution in [-0.2, 0) is 30.7 Å². The summed E-state index contributed by atoms with van der Waals surface area (Å²) in [6, 6.07) is 8.89. The van der Waals surface area contributed by atoms with Gasteiger partial charge in [0.05, 0.1) is 6.61 Å². The summed E-state index contributed by atoms with van der Waals surface area (Å²) < 4.78 is 36.2. The van der Waals surface area contributed by atoms with E-state index in [4.69, 9.17) is 4.74 Å². The molecule has 30 heavy (non-hydrogen) atoms. The van der Waals surface area contributed by atoms with E-state index in [2.05, 4.69) is 40.6 Å². The number of carbonyl (C=O) groups excluding carboxylic acids is 1. The van der Waals surface area contributed by atoms with Crippen molar-refractivity contribution >= 4 is 18.0 Å². The molecule has 1 aromatic carbocycles. The number of benzene rings is 1. The molecule has 4 aliphatic rings. The lowest BCUT2D eigenvalue weighted by Gasteiger charge is -2.62. The molecule has 0 aromatic heterocycles. The SMILES string of the molecule is CCCc1ccc(C23CC4CC(CC(COC(=O)C(F)(F)SOO[O-])(C4)C2)C3)cc1. The number of alkyl halides is 2. The monoisotopic (exact) mass is 441 g/mol. The van der Waals surface area contributed by atoms with Crippen LogP contribution in [-0.4, -0.2) is 17.8 Å². The standard InChI is InChI=1S/C22H28F2O5S/c1-2-3-15-4-6-18(7-5-15)21-11-16-8-17(12-21)10-20(9-16,13-21)14-27-19(25)22(23,24)30-29-28-26/h4-7,16-17,26H,2-3,8-14H2,1H3/p-1. The lowest BCUT2D eigenvalue weighted by molar-refractivity contribution is -0.777. The topological polar surface area (TPSA) is 67.8 Å². The molecule has 2 atom stereocenters. The maximum atomic E-state index is 13.7. The molecule has 5 rings (SSSR count). The van der Waals surface area contributed by atoms with Crippen molar-refractivity contribution in [2.45, 2.75) is 69.0 Å². The highest BCUT2D eigenvalue weighted by Crippen LogP contribution is 2.65. The number of rotatable bonds is 9. The average molecular weight is 442 g/mol. The summed E-state index contributed by atoms with van der Waals surface area (Å²) in [5, 5.41) is 8.72. The van der Waals surface area contributed by atoms with Crippen molar-refractivity contribution in [1.82, 2.24) is 0 Å². The molecule has 1 aromatic rings. The molecule has 4 saturated carbocycles. The Hall–Kier alpha value is -1.22. The molecule has 0 spiro atoms. The first-order valence-electron chi connectivity index (χ1n) is 10.6. The highest BCUT2D eigenvalue weighted by Gasteiger charge is 2.59. The third kappa shape index (κ3) is 4.24. The fraction of sp³-hybridized carbons (Fsp3) is 0.682. The first kappa shape index (κ1) is 22.0. The Kier molecular flexibility index (Phi) is 6.14. The molecule has 4 aliphatic carbocycles. The fourth-order valence-electron chi connectivity index (χ4n) is 6.67. The molecule has 166 valence electrons. The van der Waals surface area contributed by atoms with Crippen LogP contribution in [0.2, 0.25) is 0 Å². The number of hydrogen-bond donors (Lipinski definition) is 0. The molecular weight excluding hydrogens is 414 g/mol. The van der Waals surface area contributed by atoms with E-state index in [9.17, 15) is 18.8 Å². The molecule has 5 nitrogen and oxygen atoms in total. The highest BCUT2D eigenvalue weighted by molar-refractivity contribution is 7.96. The summed E-state index contributed by atoms with van der Waals surface area (Å²) in [5.41, 5.74) is 2.43. The highest BCUT2D eigenvalue weighted by atomic mass is 32.2. The van der Waals surface area contributed by atoms with Crippen LogP contribution in [0, 0.1) is 17.3 Å². The van der Waals surface area contributed by atoms with Gasteiger partial charge in [0, 0.05) is 5.41 Å². The molecule has 0 amide bonds. The number of hydrogen-bond acceptors (Lipinski definition) is 6. The van der Waals surface area contributed by atoms with Gasteiger partial charge >= 0.3 is 11.2 Å². The second kappa shape index (κ2) is 8.37. The van der Waals surface area contributed by atoms with Crippen molar-refractivity contribution < 1.29 is 32.9 Å². The summed E-state index contributed by atoms with van der Waals surface area (Å²) >= 11 is -0.637. The van der Waals surface area contributed by atoms with E-state index in [0.717, 1.165) is 44.9 Å². The van der Waals surface area contributed by atoms with Gasteiger partial charge in [-0.05, 0) is 73.3 Å². The summed E-state index contributed by atoms with van der Waals surface area (Å²) in [4.78, 5) is 11.9. The lowest BCUT2D eigenvalue weighted by atomic mass is 9.43. The Labute approximate surface area is 179 Å². The second-order valence-electron chi connectivity index (χ2n) is 9.50. The van der Waals surface area contributed by atoms with Crippen molar-refractivity contribution in [3.8, 4) is 0 Å². The van der Waals surface area contributed by atoms with Crippen LogP contribution in [0.5, 0.6) is 0 Å². The largest absolute Gasteiger partial charge is 0.691 e. The first-order chi connectivity index (χ1) is 14.3. The smallest absolute Gasteiger partial charge is 0.415 e. The van der Waals surface area contributed by atoms with Crippen LogP contribution in [0.15, 0.2) is 24.3 Å². The molecule has 4 bridgehead atoms. The van der Waals surface area contributed by atoms with Crippen molar-refractivity contribution in [2.75, 3.05) is 6.61 Å². The van der Waals surface area contributed by atoms with E-state index < -0.39 is 23.3 Å². The van der Waals surface area contributed by atoms with E-state index in [0.29, 0.717) is 11.8 Å². The first-order valence-corrected chi connectivity index (χ1v) is 11.3. The number of aryl methyl sites for hydroxylation is 1. The van der Waals surface area contributed by atoms with Gasteiger partial charge in [0.15, 0.2) is 0 Å². The van der Waals surface area contributed by atoms with Crippen LogP contribution >= 0.6 is 12.0 Å². The maximum absolute atomic E-state index is 13.7. The molecular formula is C22H27F2O5S-. The zero-order valence-corrected chi connectivity index (χ0v) is 17.8. The number of halogens is 2. The van der Waals surface area contributed by atoms with Crippen LogP contribution in [0.25, 0.3) is 0 Å². The average Bonchev–Trinajstić information content (AvgIpc) is 2.70. The summed E-state index contributed by atoms with van der Waals surface area (Å²) in [5.74, 6) is -0.627. The number of carbonyl (C=O) groups is 1. The second-order valence-corrected chi connectivity index (χ2v) is 10.3. The van der Waals surface area contributed by atoms with E-state index in [1.165, 1.54) is 17.5 Å². The minimum atomic E-state index is -3.99. The van der Waals surface area contributed by atoms with Gasteiger partial charge in [0.25, 0.3) is 0 Å². The minimum absolute atomic E-state index is 0.0249. The van der Waals surface area contributed by atoms with Gasteiger partial charge < -0.3 is 9.99 Å². The van der Waals surface area contributed by atoms with Crippen LogP contribution in [0.4, 0.5) is 8.78 Å². The Bertz CT molecular complexity index is 755. The van der Waals surface area contributed by atoms with E-state index >= 15 is 0 Å². The molecule has 4 fully saturated rings. The molecule has 0 heterocycles. The van der Waals surface area contributed by atoms with E-state index in [-0.39, 0.29) is 17.4 Å². The van der Waals surface area contributed by atoms with Gasteiger partial charge in [0.1, 0.15) is 12.0 Å². The van der Waals surface area contributed by atoms with Gasteiger partial charge in [0.2, 0.25) is 0 Å². The molecule has 2 unspecified atom stereocenters.